The standard InChI is InChI=1S/C21H16IN5O2/c1-14-12-13-27(26-14)19-10-11-20(25-24-19)29-16-8-6-15(7-9-16)23-21(28)17-4-2-3-5-18(17)22/h2-13H,1H3,(H,23,28). The van der Waals surface area contributed by atoms with Crippen molar-refractivity contribution >= 4 is 34.2 Å². The number of hydrogen-bond acceptors (Lipinski definition) is 5. The van der Waals surface area contributed by atoms with Gasteiger partial charge in [0.1, 0.15) is 5.75 Å². The lowest BCUT2D eigenvalue weighted by Gasteiger charge is -2.08. The van der Waals surface area contributed by atoms with Crippen LogP contribution in [0.5, 0.6) is 11.6 Å². The van der Waals surface area contributed by atoms with Crippen LogP contribution in [0.1, 0.15) is 16.1 Å². The molecule has 0 aliphatic heterocycles. The van der Waals surface area contributed by atoms with Gasteiger partial charge >= 0.3 is 0 Å². The molecule has 0 unspecified atom stereocenters. The lowest BCUT2D eigenvalue weighted by molar-refractivity contribution is 0.102. The highest BCUT2D eigenvalue weighted by Gasteiger charge is 2.10. The maximum Gasteiger partial charge on any atom is 0.256 e. The van der Waals surface area contributed by atoms with Crippen LogP contribution in [-0.2, 0) is 0 Å². The fourth-order valence-electron chi connectivity index (χ4n) is 2.60. The monoisotopic (exact) mass is 497 g/mol. The molecule has 0 spiro atoms. The molecule has 1 N–H and O–H groups in total. The smallest absolute Gasteiger partial charge is 0.256 e. The van der Waals surface area contributed by atoms with Crippen molar-refractivity contribution in [2.45, 2.75) is 6.92 Å². The highest BCUT2D eigenvalue weighted by Crippen LogP contribution is 2.22. The minimum absolute atomic E-state index is 0.154. The number of carbonyl (C=O) groups excluding carboxylic acids is 1. The van der Waals surface area contributed by atoms with E-state index in [2.05, 4.69) is 43.2 Å². The molecule has 0 saturated carbocycles. The zero-order valence-corrected chi connectivity index (χ0v) is 17.6. The number of hydrogen-bond donors (Lipinski definition) is 1. The van der Waals surface area contributed by atoms with Crippen LogP contribution >= 0.6 is 22.6 Å². The van der Waals surface area contributed by atoms with Gasteiger partial charge in [0, 0.05) is 21.5 Å². The van der Waals surface area contributed by atoms with Gasteiger partial charge < -0.3 is 10.1 Å². The van der Waals surface area contributed by atoms with Crippen molar-refractivity contribution in [3.63, 3.8) is 0 Å². The van der Waals surface area contributed by atoms with E-state index >= 15 is 0 Å². The van der Waals surface area contributed by atoms with Gasteiger partial charge in [0.2, 0.25) is 5.88 Å². The van der Waals surface area contributed by atoms with Gasteiger partial charge in [0.05, 0.1) is 11.3 Å². The van der Waals surface area contributed by atoms with Crippen LogP contribution in [0.15, 0.2) is 72.9 Å². The van der Waals surface area contributed by atoms with Gasteiger partial charge in [-0.25, -0.2) is 4.68 Å². The van der Waals surface area contributed by atoms with Gasteiger partial charge in [-0.1, -0.05) is 12.1 Å². The molecule has 29 heavy (non-hydrogen) atoms. The van der Waals surface area contributed by atoms with Gasteiger partial charge in [-0.2, -0.15) is 5.10 Å². The third kappa shape index (κ3) is 4.60. The normalized spacial score (nSPS) is 10.6. The van der Waals surface area contributed by atoms with Gasteiger partial charge in [0.15, 0.2) is 5.82 Å². The van der Waals surface area contributed by atoms with Crippen molar-refractivity contribution in [3.8, 4) is 17.4 Å². The largest absolute Gasteiger partial charge is 0.438 e. The Morgan fingerprint density at radius 2 is 1.79 bits per heavy atom. The summed E-state index contributed by atoms with van der Waals surface area (Å²) in [7, 11) is 0. The number of benzene rings is 2. The molecule has 0 aliphatic carbocycles. The van der Waals surface area contributed by atoms with Crippen LogP contribution in [0.3, 0.4) is 0 Å². The SMILES string of the molecule is Cc1ccn(-c2ccc(Oc3ccc(NC(=O)c4ccccc4I)cc3)nn2)n1. The summed E-state index contributed by atoms with van der Waals surface area (Å²) in [5.41, 5.74) is 2.22. The maximum absolute atomic E-state index is 12.4. The Balaban J connectivity index is 1.40. The number of nitrogens with zero attached hydrogens (tertiary/aromatic N) is 4. The molecule has 0 atom stereocenters. The van der Waals surface area contributed by atoms with Crippen LogP contribution in [-0.4, -0.2) is 25.9 Å². The summed E-state index contributed by atoms with van der Waals surface area (Å²) in [4.78, 5) is 12.4. The Labute approximate surface area is 180 Å². The second-order valence-corrected chi connectivity index (χ2v) is 7.35. The Morgan fingerprint density at radius 1 is 1.00 bits per heavy atom. The van der Waals surface area contributed by atoms with E-state index < -0.39 is 0 Å². The van der Waals surface area contributed by atoms with Crippen molar-refractivity contribution in [1.82, 2.24) is 20.0 Å². The first-order valence-electron chi connectivity index (χ1n) is 8.79. The number of nitrogens with one attached hydrogen (secondary N) is 1. The molecule has 0 saturated heterocycles. The van der Waals surface area contributed by atoms with Crippen LogP contribution in [0.4, 0.5) is 5.69 Å². The number of ether oxygens (including phenoxy) is 1. The van der Waals surface area contributed by atoms with E-state index in [0.717, 1.165) is 9.26 Å². The van der Waals surface area contributed by atoms with Gasteiger partial charge in [-0.3, -0.25) is 4.79 Å². The highest BCUT2D eigenvalue weighted by molar-refractivity contribution is 14.1. The first-order valence-corrected chi connectivity index (χ1v) is 9.86. The molecule has 4 rings (SSSR count). The second kappa shape index (κ2) is 8.39. The van der Waals surface area contributed by atoms with E-state index in [1.54, 1.807) is 47.1 Å². The summed E-state index contributed by atoms with van der Waals surface area (Å²) < 4.78 is 8.27. The zero-order chi connectivity index (χ0) is 20.2. The number of rotatable bonds is 5. The molecule has 2 aromatic heterocycles. The number of anilines is 1. The summed E-state index contributed by atoms with van der Waals surface area (Å²) in [6, 6.07) is 19.9. The lowest BCUT2D eigenvalue weighted by Crippen LogP contribution is -2.13. The fraction of sp³-hybridized carbons (Fsp3) is 0.0476. The average molecular weight is 497 g/mol. The molecule has 2 heterocycles. The summed E-state index contributed by atoms with van der Waals surface area (Å²) in [6.07, 6.45) is 1.82. The molecule has 0 fully saturated rings. The predicted octanol–water partition coefficient (Wildman–Crippen LogP) is 4.62. The molecule has 7 nitrogen and oxygen atoms in total. The lowest BCUT2D eigenvalue weighted by atomic mass is 10.2. The highest BCUT2D eigenvalue weighted by atomic mass is 127. The third-order valence-corrected chi connectivity index (χ3v) is 4.98. The Hall–Kier alpha value is -3.27. The van der Waals surface area contributed by atoms with Crippen LogP contribution in [0.25, 0.3) is 5.82 Å². The first kappa shape index (κ1) is 19.1. The molecule has 8 heteroatoms. The summed E-state index contributed by atoms with van der Waals surface area (Å²) in [5, 5.41) is 15.4. The molecule has 1 amide bonds. The Bertz CT molecular complexity index is 1140. The Morgan fingerprint density at radius 3 is 2.45 bits per heavy atom. The van der Waals surface area contributed by atoms with Crippen molar-refractivity contribution in [1.29, 1.82) is 0 Å². The summed E-state index contributed by atoms with van der Waals surface area (Å²) >= 11 is 2.14. The zero-order valence-electron chi connectivity index (χ0n) is 15.4. The number of halogens is 1. The van der Waals surface area contributed by atoms with E-state index in [-0.39, 0.29) is 5.91 Å². The molecule has 0 radical (unpaired) electrons. The van der Waals surface area contributed by atoms with E-state index in [0.29, 0.717) is 28.7 Å². The molecule has 2 aromatic carbocycles. The summed E-state index contributed by atoms with van der Waals surface area (Å²) in [5.74, 6) is 1.42. The molecule has 144 valence electrons. The second-order valence-electron chi connectivity index (χ2n) is 6.19. The number of amides is 1. The third-order valence-electron chi connectivity index (χ3n) is 4.04. The van der Waals surface area contributed by atoms with Crippen molar-refractivity contribution < 1.29 is 9.53 Å². The molecular formula is C21H16IN5O2. The summed E-state index contributed by atoms with van der Waals surface area (Å²) in [6.45, 7) is 1.91. The quantitative estimate of drug-likeness (QED) is 0.407. The minimum atomic E-state index is -0.154. The van der Waals surface area contributed by atoms with E-state index in [9.17, 15) is 4.79 Å². The minimum Gasteiger partial charge on any atom is -0.438 e. The fourth-order valence-corrected chi connectivity index (χ4v) is 3.24. The molecule has 0 bridgehead atoms. The van der Waals surface area contributed by atoms with Gasteiger partial charge in [0.25, 0.3) is 5.91 Å². The molecule has 4 aromatic rings. The topological polar surface area (TPSA) is 81.9 Å². The van der Waals surface area contributed by atoms with Crippen LogP contribution in [0, 0.1) is 10.5 Å². The predicted molar refractivity (Wildman–Crippen MR) is 118 cm³/mol. The molecular weight excluding hydrogens is 481 g/mol. The van der Waals surface area contributed by atoms with Crippen molar-refractivity contribution in [2.24, 2.45) is 0 Å². The van der Waals surface area contributed by atoms with Crippen molar-refractivity contribution in [2.75, 3.05) is 5.32 Å². The first-order chi connectivity index (χ1) is 14.1. The average Bonchev–Trinajstić information content (AvgIpc) is 3.16. The van der Waals surface area contributed by atoms with E-state index in [1.807, 2.05) is 37.4 Å². The van der Waals surface area contributed by atoms with E-state index in [1.165, 1.54) is 0 Å². The van der Waals surface area contributed by atoms with Crippen LogP contribution < -0.4 is 10.1 Å². The number of carbonyl (C=O) groups is 1. The van der Waals surface area contributed by atoms with Gasteiger partial charge in [-0.05, 0) is 78.0 Å². The van der Waals surface area contributed by atoms with Crippen LogP contribution in [0.2, 0.25) is 0 Å². The maximum atomic E-state index is 12.4. The molecule has 0 aliphatic rings. The number of aromatic nitrogens is 4. The number of aryl methyl sites for hydroxylation is 1. The van der Waals surface area contributed by atoms with Crippen molar-refractivity contribution in [3.05, 3.63) is 87.8 Å². The van der Waals surface area contributed by atoms with E-state index in [4.69, 9.17) is 4.74 Å². The Kier molecular flexibility index (Phi) is 5.52. The van der Waals surface area contributed by atoms with Gasteiger partial charge in [-0.15, -0.1) is 10.2 Å².